The minimum Gasteiger partial charge on any atom is -0.330 e. The van der Waals surface area contributed by atoms with E-state index in [1.165, 1.54) is 0 Å². The number of aromatic nitrogens is 2. The van der Waals surface area contributed by atoms with Crippen molar-refractivity contribution in [2.75, 3.05) is 6.54 Å². The molecule has 2 N–H and O–H groups in total. The van der Waals surface area contributed by atoms with Gasteiger partial charge in [-0.25, -0.2) is 0 Å². The first-order valence-corrected chi connectivity index (χ1v) is 2.89. The van der Waals surface area contributed by atoms with E-state index in [9.17, 15) is 0 Å². The first-order valence-electron chi connectivity index (χ1n) is 2.89. The molecule has 0 saturated carbocycles. The van der Waals surface area contributed by atoms with Crippen molar-refractivity contribution in [2.45, 2.75) is 6.42 Å². The molecule has 1 heterocycles. The van der Waals surface area contributed by atoms with Crippen molar-refractivity contribution in [1.82, 2.24) is 10.2 Å². The van der Waals surface area contributed by atoms with Gasteiger partial charge in [0.15, 0.2) is 0 Å². The van der Waals surface area contributed by atoms with Crippen LogP contribution in [0.1, 0.15) is 5.56 Å². The van der Waals surface area contributed by atoms with E-state index in [0.29, 0.717) is 6.54 Å². The van der Waals surface area contributed by atoms with Crippen LogP contribution in [-0.2, 0) is 6.42 Å². The lowest BCUT2D eigenvalue weighted by Gasteiger charge is -1.92. The molecular weight excluding hydrogens is 150 g/mol. The molecule has 0 amide bonds. The van der Waals surface area contributed by atoms with E-state index in [1.807, 2.05) is 6.07 Å². The third kappa shape index (κ3) is 2.75. The molecule has 1 rings (SSSR count). The van der Waals surface area contributed by atoms with Crippen LogP contribution >= 0.6 is 12.4 Å². The van der Waals surface area contributed by atoms with Gasteiger partial charge in [0.05, 0.1) is 6.20 Å². The molecule has 0 aliphatic heterocycles. The number of nitrogens with zero attached hydrogens (tertiary/aromatic N) is 2. The predicted molar refractivity (Wildman–Crippen MR) is 42.0 cm³/mol. The molecular formula is C6H10ClN3. The number of rotatable bonds is 2. The average molecular weight is 160 g/mol. The molecule has 0 unspecified atom stereocenters. The summed E-state index contributed by atoms with van der Waals surface area (Å²) in [5, 5.41) is 7.33. The smallest absolute Gasteiger partial charge is 0.0528 e. The van der Waals surface area contributed by atoms with Crippen LogP contribution in [0.3, 0.4) is 0 Å². The molecule has 1 aromatic rings. The Morgan fingerprint density at radius 2 is 2.20 bits per heavy atom. The van der Waals surface area contributed by atoms with Gasteiger partial charge >= 0.3 is 0 Å². The van der Waals surface area contributed by atoms with Crippen molar-refractivity contribution in [1.29, 1.82) is 0 Å². The van der Waals surface area contributed by atoms with E-state index in [1.54, 1.807) is 12.4 Å². The van der Waals surface area contributed by atoms with Crippen molar-refractivity contribution in [3.05, 3.63) is 24.0 Å². The quantitative estimate of drug-likeness (QED) is 0.680. The number of halogens is 1. The number of nitrogens with two attached hydrogens (primary N) is 1. The van der Waals surface area contributed by atoms with Gasteiger partial charge in [0, 0.05) is 6.20 Å². The highest BCUT2D eigenvalue weighted by Crippen LogP contribution is 1.91. The monoisotopic (exact) mass is 159 g/mol. The summed E-state index contributed by atoms with van der Waals surface area (Å²) in [6, 6.07) is 1.92. The first-order chi connectivity index (χ1) is 4.43. The molecule has 0 aliphatic carbocycles. The van der Waals surface area contributed by atoms with Crippen LogP contribution in [0.15, 0.2) is 18.5 Å². The summed E-state index contributed by atoms with van der Waals surface area (Å²) in [5.41, 5.74) is 6.46. The Morgan fingerprint density at radius 3 is 2.70 bits per heavy atom. The highest BCUT2D eigenvalue weighted by molar-refractivity contribution is 5.85. The predicted octanol–water partition coefficient (Wildman–Crippen LogP) is 0.400. The Bertz CT molecular complexity index is 166. The zero-order valence-corrected chi connectivity index (χ0v) is 6.34. The molecule has 0 fully saturated rings. The maximum Gasteiger partial charge on any atom is 0.0528 e. The van der Waals surface area contributed by atoms with Gasteiger partial charge in [-0.2, -0.15) is 10.2 Å². The largest absolute Gasteiger partial charge is 0.330 e. The summed E-state index contributed by atoms with van der Waals surface area (Å²) < 4.78 is 0. The second kappa shape index (κ2) is 5.14. The van der Waals surface area contributed by atoms with Crippen LogP contribution in [-0.4, -0.2) is 16.7 Å². The van der Waals surface area contributed by atoms with Crippen molar-refractivity contribution >= 4 is 12.4 Å². The van der Waals surface area contributed by atoms with Crippen LogP contribution in [0.2, 0.25) is 0 Å². The lowest BCUT2D eigenvalue weighted by atomic mass is 10.2. The topological polar surface area (TPSA) is 51.8 Å². The Labute approximate surface area is 66.1 Å². The van der Waals surface area contributed by atoms with Gasteiger partial charge in [-0.3, -0.25) is 0 Å². The summed E-state index contributed by atoms with van der Waals surface area (Å²) >= 11 is 0. The van der Waals surface area contributed by atoms with Crippen LogP contribution < -0.4 is 5.73 Å². The molecule has 0 aliphatic rings. The van der Waals surface area contributed by atoms with E-state index in [4.69, 9.17) is 5.73 Å². The van der Waals surface area contributed by atoms with E-state index in [-0.39, 0.29) is 12.4 Å². The third-order valence-electron chi connectivity index (χ3n) is 1.08. The molecule has 0 spiro atoms. The number of hydrogen-bond donors (Lipinski definition) is 1. The van der Waals surface area contributed by atoms with Crippen LogP contribution in [0.25, 0.3) is 0 Å². The summed E-state index contributed by atoms with van der Waals surface area (Å²) in [7, 11) is 0. The fraction of sp³-hybridized carbons (Fsp3) is 0.333. The van der Waals surface area contributed by atoms with Gasteiger partial charge in [0.2, 0.25) is 0 Å². The molecule has 0 atom stereocenters. The second-order valence-corrected chi connectivity index (χ2v) is 1.79. The van der Waals surface area contributed by atoms with Gasteiger partial charge in [-0.05, 0) is 24.6 Å². The van der Waals surface area contributed by atoms with Gasteiger partial charge < -0.3 is 5.73 Å². The van der Waals surface area contributed by atoms with Crippen LogP contribution in [0.4, 0.5) is 0 Å². The normalized spacial score (nSPS) is 8.50. The SMILES string of the molecule is Cl.NCCc1ccnnc1. The lowest BCUT2D eigenvalue weighted by Crippen LogP contribution is -2.02. The molecule has 0 aromatic carbocycles. The standard InChI is InChI=1S/C6H9N3.ClH/c7-3-1-6-2-4-8-9-5-6;/h2,4-5H,1,3,7H2;1H. The van der Waals surface area contributed by atoms with Crippen molar-refractivity contribution in [3.8, 4) is 0 Å². The fourth-order valence-electron chi connectivity index (χ4n) is 0.633. The third-order valence-corrected chi connectivity index (χ3v) is 1.08. The molecule has 1 aromatic heterocycles. The summed E-state index contributed by atoms with van der Waals surface area (Å²) in [4.78, 5) is 0. The average Bonchev–Trinajstić information content (AvgIpc) is 1.91. The summed E-state index contributed by atoms with van der Waals surface area (Å²) in [6.07, 6.45) is 4.29. The van der Waals surface area contributed by atoms with Crippen LogP contribution in [0, 0.1) is 0 Å². The van der Waals surface area contributed by atoms with Crippen molar-refractivity contribution in [3.63, 3.8) is 0 Å². The highest BCUT2D eigenvalue weighted by atomic mass is 35.5. The lowest BCUT2D eigenvalue weighted by molar-refractivity contribution is 0.926. The van der Waals surface area contributed by atoms with E-state index in [2.05, 4.69) is 10.2 Å². The highest BCUT2D eigenvalue weighted by Gasteiger charge is 1.86. The minimum absolute atomic E-state index is 0. The molecule has 56 valence electrons. The summed E-state index contributed by atoms with van der Waals surface area (Å²) in [5.74, 6) is 0. The van der Waals surface area contributed by atoms with Gasteiger partial charge in [0.1, 0.15) is 0 Å². The van der Waals surface area contributed by atoms with Crippen molar-refractivity contribution in [2.24, 2.45) is 5.73 Å². The second-order valence-electron chi connectivity index (χ2n) is 1.79. The maximum atomic E-state index is 5.31. The molecule has 0 radical (unpaired) electrons. The van der Waals surface area contributed by atoms with Gasteiger partial charge in [-0.15, -0.1) is 12.4 Å². The number of hydrogen-bond acceptors (Lipinski definition) is 3. The van der Waals surface area contributed by atoms with Crippen molar-refractivity contribution < 1.29 is 0 Å². The molecule has 3 nitrogen and oxygen atoms in total. The Morgan fingerprint density at radius 1 is 1.40 bits per heavy atom. The zero-order chi connectivity index (χ0) is 6.53. The minimum atomic E-state index is 0. The molecule has 0 saturated heterocycles. The molecule has 4 heteroatoms. The van der Waals surface area contributed by atoms with E-state index < -0.39 is 0 Å². The first kappa shape index (κ1) is 9.33. The van der Waals surface area contributed by atoms with Crippen LogP contribution in [0.5, 0.6) is 0 Å². The van der Waals surface area contributed by atoms with E-state index >= 15 is 0 Å². The van der Waals surface area contributed by atoms with E-state index in [0.717, 1.165) is 12.0 Å². The molecule has 10 heavy (non-hydrogen) atoms. The maximum absolute atomic E-state index is 5.31. The summed E-state index contributed by atoms with van der Waals surface area (Å²) in [6.45, 7) is 0.672. The zero-order valence-electron chi connectivity index (χ0n) is 5.53. The Kier molecular flexibility index (Phi) is 4.80. The Balaban J connectivity index is 0.000000810. The fourth-order valence-corrected chi connectivity index (χ4v) is 0.633. The van der Waals surface area contributed by atoms with Gasteiger partial charge in [0.25, 0.3) is 0 Å². The van der Waals surface area contributed by atoms with Gasteiger partial charge in [-0.1, -0.05) is 0 Å². The Hall–Kier alpha value is -0.670. The molecule has 0 bridgehead atoms.